The van der Waals surface area contributed by atoms with Crippen LogP contribution in [0.3, 0.4) is 0 Å². The van der Waals surface area contributed by atoms with Gasteiger partial charge in [-0.2, -0.15) is 0 Å². The van der Waals surface area contributed by atoms with E-state index in [1.807, 2.05) is 24.3 Å². The molecule has 2 amide bonds. The average Bonchev–Trinajstić information content (AvgIpc) is 3.08. The predicted molar refractivity (Wildman–Crippen MR) is 121 cm³/mol. The number of thiophene rings is 1. The summed E-state index contributed by atoms with van der Waals surface area (Å²) < 4.78 is 14.2. The minimum absolute atomic E-state index is 0.0889. The molecular formula is C22H13Cl2FN2O2S. The summed E-state index contributed by atoms with van der Waals surface area (Å²) in [5.74, 6) is -1.35. The molecule has 0 aliphatic heterocycles. The van der Waals surface area contributed by atoms with Gasteiger partial charge in [0.2, 0.25) is 0 Å². The molecule has 0 saturated heterocycles. The Morgan fingerprint density at radius 3 is 2.33 bits per heavy atom. The van der Waals surface area contributed by atoms with E-state index < -0.39 is 11.7 Å². The third kappa shape index (κ3) is 4.16. The number of carbonyl (C=O) groups is 2. The van der Waals surface area contributed by atoms with Gasteiger partial charge in [0.1, 0.15) is 10.7 Å². The molecular weight excluding hydrogens is 446 g/mol. The molecule has 1 aromatic heterocycles. The summed E-state index contributed by atoms with van der Waals surface area (Å²) in [5, 5.41) is 6.54. The Labute approximate surface area is 185 Å². The monoisotopic (exact) mass is 458 g/mol. The third-order valence-electron chi connectivity index (χ3n) is 4.30. The first-order chi connectivity index (χ1) is 14.4. The first-order valence-corrected chi connectivity index (χ1v) is 10.3. The van der Waals surface area contributed by atoms with E-state index >= 15 is 0 Å². The summed E-state index contributed by atoms with van der Waals surface area (Å²) >= 11 is 13.4. The molecule has 4 rings (SSSR count). The van der Waals surface area contributed by atoms with Crippen molar-refractivity contribution in [3.05, 3.63) is 93.0 Å². The first-order valence-electron chi connectivity index (χ1n) is 8.77. The lowest BCUT2D eigenvalue weighted by Crippen LogP contribution is -2.14. The summed E-state index contributed by atoms with van der Waals surface area (Å²) in [6, 6.07) is 17.9. The quantitative estimate of drug-likeness (QED) is 0.351. The lowest BCUT2D eigenvalue weighted by molar-refractivity contribution is 0.101. The van der Waals surface area contributed by atoms with Gasteiger partial charge in [0.15, 0.2) is 0 Å². The lowest BCUT2D eigenvalue weighted by Gasteiger charge is -2.09. The smallest absolute Gasteiger partial charge is 0.267 e. The van der Waals surface area contributed by atoms with Gasteiger partial charge in [-0.05, 0) is 42.5 Å². The van der Waals surface area contributed by atoms with Crippen LogP contribution in [0.1, 0.15) is 20.0 Å². The van der Waals surface area contributed by atoms with Gasteiger partial charge in [-0.15, -0.1) is 11.3 Å². The highest BCUT2D eigenvalue weighted by Crippen LogP contribution is 2.35. The zero-order chi connectivity index (χ0) is 21.3. The maximum absolute atomic E-state index is 13.3. The van der Waals surface area contributed by atoms with Crippen LogP contribution in [-0.2, 0) is 0 Å². The summed E-state index contributed by atoms with van der Waals surface area (Å²) in [6.07, 6.45) is 0. The van der Waals surface area contributed by atoms with E-state index in [9.17, 15) is 14.0 Å². The molecule has 3 aromatic carbocycles. The normalized spacial score (nSPS) is 10.8. The van der Waals surface area contributed by atoms with Crippen LogP contribution in [0, 0.1) is 5.82 Å². The number of anilines is 2. The van der Waals surface area contributed by atoms with E-state index in [0.717, 1.165) is 10.1 Å². The average molecular weight is 459 g/mol. The molecule has 0 bridgehead atoms. The van der Waals surface area contributed by atoms with Crippen molar-refractivity contribution in [2.24, 2.45) is 0 Å². The number of nitrogens with one attached hydrogen (secondary N) is 2. The van der Waals surface area contributed by atoms with E-state index in [1.54, 1.807) is 24.3 Å². The van der Waals surface area contributed by atoms with Crippen LogP contribution in [0.15, 0.2) is 66.7 Å². The molecule has 1 heterocycles. The van der Waals surface area contributed by atoms with Gasteiger partial charge in [-0.1, -0.05) is 47.5 Å². The lowest BCUT2D eigenvalue weighted by atomic mass is 10.1. The number of carbonyl (C=O) groups excluding carboxylic acids is 2. The summed E-state index contributed by atoms with van der Waals surface area (Å²) in [6.45, 7) is 0. The standard InChI is InChI=1S/C22H13Cl2FN2O2S/c23-16-11-14(8-9-17(16)25)26-21(28)12-4-3-5-13(10-12)27-22(29)20-19(24)15-6-1-2-7-18(15)30-20/h1-11H,(H,26,28)(H,27,29). The molecule has 30 heavy (non-hydrogen) atoms. The Morgan fingerprint density at radius 1 is 0.833 bits per heavy atom. The number of halogens is 3. The Bertz CT molecular complexity index is 1290. The molecule has 0 atom stereocenters. The van der Waals surface area contributed by atoms with E-state index in [2.05, 4.69) is 10.6 Å². The van der Waals surface area contributed by atoms with Crippen molar-refractivity contribution in [2.75, 3.05) is 10.6 Å². The van der Waals surface area contributed by atoms with Gasteiger partial charge in [-0.3, -0.25) is 9.59 Å². The Balaban J connectivity index is 1.52. The molecule has 4 aromatic rings. The van der Waals surface area contributed by atoms with Crippen molar-refractivity contribution in [2.45, 2.75) is 0 Å². The van der Waals surface area contributed by atoms with Gasteiger partial charge in [0, 0.05) is 27.0 Å². The minimum atomic E-state index is -0.570. The minimum Gasteiger partial charge on any atom is -0.322 e. The van der Waals surface area contributed by atoms with Crippen LogP contribution in [0.2, 0.25) is 10.0 Å². The van der Waals surface area contributed by atoms with Crippen LogP contribution in [0.4, 0.5) is 15.8 Å². The second-order valence-electron chi connectivity index (χ2n) is 6.36. The van der Waals surface area contributed by atoms with Crippen LogP contribution in [0.5, 0.6) is 0 Å². The zero-order valence-electron chi connectivity index (χ0n) is 15.2. The van der Waals surface area contributed by atoms with Crippen molar-refractivity contribution >= 4 is 67.8 Å². The second kappa shape index (κ2) is 8.44. The molecule has 0 fully saturated rings. The molecule has 4 nitrogen and oxygen atoms in total. The zero-order valence-corrected chi connectivity index (χ0v) is 17.5. The summed E-state index contributed by atoms with van der Waals surface area (Å²) in [5.41, 5.74) is 1.12. The third-order valence-corrected chi connectivity index (χ3v) is 6.27. The first kappa shape index (κ1) is 20.3. The predicted octanol–water partition coefficient (Wildman–Crippen LogP) is 6.85. The Hall–Kier alpha value is -2.93. The second-order valence-corrected chi connectivity index (χ2v) is 8.20. The van der Waals surface area contributed by atoms with Crippen molar-refractivity contribution in [1.29, 1.82) is 0 Å². The number of amides is 2. The SMILES string of the molecule is O=C(Nc1ccc(F)c(Cl)c1)c1cccc(NC(=O)c2sc3ccccc3c2Cl)c1. The van der Waals surface area contributed by atoms with E-state index in [1.165, 1.54) is 29.5 Å². The maximum Gasteiger partial charge on any atom is 0.267 e. The molecule has 0 aliphatic rings. The molecule has 0 aliphatic carbocycles. The molecule has 8 heteroatoms. The van der Waals surface area contributed by atoms with Gasteiger partial charge in [0.05, 0.1) is 10.0 Å². The van der Waals surface area contributed by atoms with Gasteiger partial charge in [0.25, 0.3) is 11.8 Å². The van der Waals surface area contributed by atoms with Crippen molar-refractivity contribution in [3.8, 4) is 0 Å². The largest absolute Gasteiger partial charge is 0.322 e. The summed E-state index contributed by atoms with van der Waals surface area (Å²) in [7, 11) is 0. The molecule has 0 spiro atoms. The van der Waals surface area contributed by atoms with E-state index in [0.29, 0.717) is 26.8 Å². The summed E-state index contributed by atoms with van der Waals surface area (Å²) in [4.78, 5) is 25.6. The molecule has 0 radical (unpaired) electrons. The fraction of sp³-hybridized carbons (Fsp3) is 0. The fourth-order valence-corrected chi connectivity index (χ4v) is 4.46. The van der Waals surface area contributed by atoms with Gasteiger partial charge >= 0.3 is 0 Å². The Kier molecular flexibility index (Phi) is 5.72. The van der Waals surface area contributed by atoms with Gasteiger partial charge in [-0.25, -0.2) is 4.39 Å². The highest BCUT2D eigenvalue weighted by molar-refractivity contribution is 7.21. The maximum atomic E-state index is 13.3. The highest BCUT2D eigenvalue weighted by atomic mass is 35.5. The number of hydrogen-bond donors (Lipinski definition) is 2. The van der Waals surface area contributed by atoms with Crippen molar-refractivity contribution in [1.82, 2.24) is 0 Å². The van der Waals surface area contributed by atoms with E-state index in [4.69, 9.17) is 23.2 Å². The van der Waals surface area contributed by atoms with Crippen LogP contribution in [0.25, 0.3) is 10.1 Å². The number of fused-ring (bicyclic) bond motifs is 1. The number of benzene rings is 3. The molecule has 2 N–H and O–H groups in total. The van der Waals surface area contributed by atoms with Crippen LogP contribution < -0.4 is 10.6 Å². The Morgan fingerprint density at radius 2 is 1.57 bits per heavy atom. The highest BCUT2D eigenvalue weighted by Gasteiger charge is 2.17. The van der Waals surface area contributed by atoms with Crippen LogP contribution in [-0.4, -0.2) is 11.8 Å². The van der Waals surface area contributed by atoms with Gasteiger partial charge < -0.3 is 10.6 Å². The van der Waals surface area contributed by atoms with Crippen molar-refractivity contribution in [3.63, 3.8) is 0 Å². The fourth-order valence-electron chi connectivity index (χ4n) is 2.86. The number of rotatable bonds is 4. The molecule has 150 valence electrons. The van der Waals surface area contributed by atoms with Crippen molar-refractivity contribution < 1.29 is 14.0 Å². The van der Waals surface area contributed by atoms with Crippen LogP contribution >= 0.6 is 34.5 Å². The van der Waals surface area contributed by atoms with E-state index in [-0.39, 0.29) is 10.9 Å². The molecule has 0 saturated carbocycles. The molecule has 0 unspecified atom stereocenters. The topological polar surface area (TPSA) is 58.2 Å². The number of hydrogen-bond acceptors (Lipinski definition) is 3.